The molecule has 0 saturated carbocycles. The molecule has 4 aromatic rings. The molecule has 1 aliphatic heterocycles. The summed E-state index contributed by atoms with van der Waals surface area (Å²) >= 11 is 0. The van der Waals surface area contributed by atoms with E-state index in [4.69, 9.17) is 0 Å². The largest absolute Gasteiger partial charge is 0.573 e. The molecule has 11 heteroatoms. The fourth-order valence-electron chi connectivity index (χ4n) is 4.04. The molecule has 1 fully saturated rings. The Kier molecular flexibility index (Phi) is 5.93. The molecule has 2 N–H and O–H groups in total. The first kappa shape index (κ1) is 22.9. The number of ether oxygens (including phenoxy) is 1. The molecule has 0 radical (unpaired) electrons. The SMILES string of the molecule is CN1CCN(c2ccc(OC(F)(F)F)c(Nc3ncc(F)c(-c4ccc5c[nH]cc5c4)n3)c2)CC1. The second kappa shape index (κ2) is 9.06. The van der Waals surface area contributed by atoms with Gasteiger partial charge in [-0.25, -0.2) is 14.4 Å². The van der Waals surface area contributed by atoms with Crippen molar-refractivity contribution in [1.82, 2.24) is 19.9 Å². The molecule has 182 valence electrons. The van der Waals surface area contributed by atoms with Gasteiger partial charge in [-0.15, -0.1) is 13.2 Å². The topological polar surface area (TPSA) is 69.3 Å². The summed E-state index contributed by atoms with van der Waals surface area (Å²) in [6, 6.07) is 9.72. The van der Waals surface area contributed by atoms with E-state index in [1.807, 2.05) is 19.3 Å². The Morgan fingerprint density at radius 2 is 1.77 bits per heavy atom. The van der Waals surface area contributed by atoms with E-state index in [1.54, 1.807) is 30.5 Å². The van der Waals surface area contributed by atoms with Gasteiger partial charge < -0.3 is 24.8 Å². The normalized spacial score (nSPS) is 14.9. The molecule has 3 heterocycles. The van der Waals surface area contributed by atoms with Crippen molar-refractivity contribution in [1.29, 1.82) is 0 Å². The molecule has 0 amide bonds. The monoisotopic (exact) mass is 486 g/mol. The van der Waals surface area contributed by atoms with Crippen LogP contribution < -0.4 is 15.0 Å². The molecule has 0 unspecified atom stereocenters. The summed E-state index contributed by atoms with van der Waals surface area (Å²) in [4.78, 5) is 15.4. The minimum atomic E-state index is -4.88. The lowest BCUT2D eigenvalue weighted by molar-refractivity contribution is -0.274. The van der Waals surface area contributed by atoms with Crippen LogP contribution in [0, 0.1) is 5.82 Å². The van der Waals surface area contributed by atoms with Gasteiger partial charge in [0.05, 0.1) is 11.9 Å². The van der Waals surface area contributed by atoms with Gasteiger partial charge in [-0.1, -0.05) is 12.1 Å². The Labute approximate surface area is 198 Å². The Hall–Kier alpha value is -3.86. The molecule has 0 aliphatic carbocycles. The number of aromatic amines is 1. The zero-order valence-corrected chi connectivity index (χ0v) is 18.7. The summed E-state index contributed by atoms with van der Waals surface area (Å²) in [5.41, 5.74) is 1.30. The van der Waals surface area contributed by atoms with E-state index in [-0.39, 0.29) is 17.3 Å². The molecule has 0 spiro atoms. The maximum atomic E-state index is 14.6. The molecule has 2 aromatic carbocycles. The van der Waals surface area contributed by atoms with E-state index in [0.29, 0.717) is 5.56 Å². The number of hydrogen-bond acceptors (Lipinski definition) is 6. The maximum Gasteiger partial charge on any atom is 0.573 e. The number of hydrogen-bond donors (Lipinski definition) is 2. The van der Waals surface area contributed by atoms with Crippen molar-refractivity contribution in [3.63, 3.8) is 0 Å². The smallest absolute Gasteiger partial charge is 0.404 e. The molecule has 35 heavy (non-hydrogen) atoms. The van der Waals surface area contributed by atoms with E-state index in [2.05, 4.69) is 34.8 Å². The second-order valence-corrected chi connectivity index (χ2v) is 8.33. The van der Waals surface area contributed by atoms with Crippen LogP contribution in [0.1, 0.15) is 0 Å². The number of aromatic nitrogens is 3. The Balaban J connectivity index is 1.48. The number of nitrogens with zero attached hydrogens (tertiary/aromatic N) is 4. The molecular formula is C24H22F4N6O. The first-order chi connectivity index (χ1) is 16.7. The van der Waals surface area contributed by atoms with Crippen LogP contribution in [0.4, 0.5) is 34.9 Å². The lowest BCUT2D eigenvalue weighted by Gasteiger charge is -2.34. The van der Waals surface area contributed by atoms with Crippen molar-refractivity contribution in [2.24, 2.45) is 0 Å². The highest BCUT2D eigenvalue weighted by Crippen LogP contribution is 2.36. The highest BCUT2D eigenvalue weighted by atomic mass is 19.4. The Bertz CT molecular complexity index is 1350. The highest BCUT2D eigenvalue weighted by Gasteiger charge is 2.32. The van der Waals surface area contributed by atoms with Crippen LogP contribution in [-0.4, -0.2) is 59.4 Å². The molecule has 7 nitrogen and oxygen atoms in total. The number of benzene rings is 2. The van der Waals surface area contributed by atoms with Crippen LogP contribution >= 0.6 is 0 Å². The van der Waals surface area contributed by atoms with Gasteiger partial charge in [-0.3, -0.25) is 0 Å². The second-order valence-electron chi connectivity index (χ2n) is 8.33. The van der Waals surface area contributed by atoms with Crippen LogP contribution in [0.3, 0.4) is 0 Å². The molecule has 0 bridgehead atoms. The average Bonchev–Trinajstić information content (AvgIpc) is 3.29. The number of nitrogens with one attached hydrogen (secondary N) is 2. The van der Waals surface area contributed by atoms with Crippen molar-refractivity contribution in [3.05, 3.63) is 60.8 Å². The summed E-state index contributed by atoms with van der Waals surface area (Å²) in [6.07, 6.45) is -0.299. The summed E-state index contributed by atoms with van der Waals surface area (Å²) < 4.78 is 58.0. The lowest BCUT2D eigenvalue weighted by atomic mass is 10.1. The van der Waals surface area contributed by atoms with E-state index in [0.717, 1.165) is 48.8 Å². The van der Waals surface area contributed by atoms with Crippen molar-refractivity contribution >= 4 is 28.1 Å². The van der Waals surface area contributed by atoms with E-state index in [1.165, 1.54) is 6.07 Å². The van der Waals surface area contributed by atoms with Gasteiger partial charge in [0.25, 0.3) is 0 Å². The van der Waals surface area contributed by atoms with E-state index >= 15 is 0 Å². The fourth-order valence-corrected chi connectivity index (χ4v) is 4.04. The number of anilines is 3. The van der Waals surface area contributed by atoms with Crippen molar-refractivity contribution in [3.8, 4) is 17.0 Å². The number of fused-ring (bicyclic) bond motifs is 1. The average molecular weight is 486 g/mol. The first-order valence-electron chi connectivity index (χ1n) is 10.9. The molecule has 2 aromatic heterocycles. The molecule has 1 saturated heterocycles. The van der Waals surface area contributed by atoms with Gasteiger partial charge >= 0.3 is 6.36 Å². The first-order valence-corrected chi connectivity index (χ1v) is 10.9. The van der Waals surface area contributed by atoms with Gasteiger partial charge in [-0.2, -0.15) is 0 Å². The molecule has 0 atom stereocenters. The molecular weight excluding hydrogens is 464 g/mol. The zero-order valence-electron chi connectivity index (χ0n) is 18.7. The third-order valence-electron chi connectivity index (χ3n) is 5.89. The number of rotatable bonds is 5. The number of piperazine rings is 1. The van der Waals surface area contributed by atoms with Crippen molar-refractivity contribution < 1.29 is 22.3 Å². The zero-order chi connectivity index (χ0) is 24.6. The van der Waals surface area contributed by atoms with Crippen LogP contribution in [-0.2, 0) is 0 Å². The number of likely N-dealkylation sites (N-methyl/N-ethyl adjacent to an activating group) is 1. The third-order valence-corrected chi connectivity index (χ3v) is 5.89. The van der Waals surface area contributed by atoms with E-state index < -0.39 is 17.9 Å². The fraction of sp³-hybridized carbons (Fsp3) is 0.250. The van der Waals surface area contributed by atoms with Crippen LogP contribution in [0.15, 0.2) is 55.0 Å². The van der Waals surface area contributed by atoms with Gasteiger partial charge in [0, 0.05) is 49.8 Å². The summed E-state index contributed by atoms with van der Waals surface area (Å²) in [7, 11) is 2.02. The predicted molar refractivity (Wildman–Crippen MR) is 125 cm³/mol. The van der Waals surface area contributed by atoms with Crippen molar-refractivity contribution in [2.75, 3.05) is 43.4 Å². The lowest BCUT2D eigenvalue weighted by Crippen LogP contribution is -2.44. The van der Waals surface area contributed by atoms with Gasteiger partial charge in [-0.05, 0) is 42.1 Å². The summed E-state index contributed by atoms with van der Waals surface area (Å²) in [6.45, 7) is 3.13. The maximum absolute atomic E-state index is 14.6. The van der Waals surface area contributed by atoms with Crippen molar-refractivity contribution in [2.45, 2.75) is 6.36 Å². The van der Waals surface area contributed by atoms with Gasteiger partial charge in [0.1, 0.15) is 5.69 Å². The van der Waals surface area contributed by atoms with Crippen LogP contribution in [0.5, 0.6) is 5.75 Å². The number of alkyl halides is 3. The van der Waals surface area contributed by atoms with Gasteiger partial charge in [0.15, 0.2) is 11.6 Å². The Morgan fingerprint density at radius 1 is 1.00 bits per heavy atom. The minimum Gasteiger partial charge on any atom is -0.404 e. The number of H-pyrrole nitrogens is 1. The van der Waals surface area contributed by atoms with Crippen LogP contribution in [0.2, 0.25) is 0 Å². The van der Waals surface area contributed by atoms with Gasteiger partial charge in [0.2, 0.25) is 5.95 Å². The third kappa shape index (κ3) is 5.14. The summed E-state index contributed by atoms with van der Waals surface area (Å²) in [5.74, 6) is -1.14. The van der Waals surface area contributed by atoms with E-state index in [9.17, 15) is 17.6 Å². The summed E-state index contributed by atoms with van der Waals surface area (Å²) in [5, 5.41) is 4.62. The molecule has 5 rings (SSSR count). The predicted octanol–water partition coefficient (Wildman–Crippen LogP) is 5.16. The minimum absolute atomic E-state index is 0.0254. The number of halogens is 4. The Morgan fingerprint density at radius 3 is 2.54 bits per heavy atom. The standard InChI is InChI=1S/C24H22F4N6O/c1-33-6-8-34(9-7-33)18-4-5-21(35-24(26,27)28)20(11-18)31-23-30-14-19(25)22(32-23)15-2-3-16-12-29-13-17(16)10-15/h2-5,10-14,29H,6-9H2,1H3,(H,30,31,32). The van der Waals surface area contributed by atoms with Crippen LogP contribution in [0.25, 0.3) is 22.0 Å². The molecule has 1 aliphatic rings. The quantitative estimate of drug-likeness (QED) is 0.380. The highest BCUT2D eigenvalue weighted by molar-refractivity contribution is 5.86.